The van der Waals surface area contributed by atoms with Crippen LogP contribution in [0, 0.1) is 0 Å². The zero-order chi connectivity index (χ0) is 23.1. The van der Waals surface area contributed by atoms with Crippen molar-refractivity contribution in [1.82, 2.24) is 10.3 Å². The number of carbonyl (C=O) groups excluding carboxylic acids is 2. The Morgan fingerprint density at radius 3 is 2.53 bits per heavy atom. The first-order valence-electron chi connectivity index (χ1n) is 9.93. The third-order valence-electron chi connectivity index (χ3n) is 4.69. The van der Waals surface area contributed by atoms with Crippen LogP contribution in [0.5, 0.6) is 11.5 Å². The van der Waals surface area contributed by atoms with Gasteiger partial charge < -0.3 is 14.8 Å². The van der Waals surface area contributed by atoms with Gasteiger partial charge in [0, 0.05) is 30.0 Å². The van der Waals surface area contributed by atoms with E-state index in [2.05, 4.69) is 15.6 Å². The van der Waals surface area contributed by atoms with Gasteiger partial charge in [-0.2, -0.15) is 0 Å². The zero-order valence-electron chi connectivity index (χ0n) is 18.0. The van der Waals surface area contributed by atoms with E-state index in [1.54, 1.807) is 6.07 Å². The van der Waals surface area contributed by atoms with Gasteiger partial charge >= 0.3 is 0 Å². The lowest BCUT2D eigenvalue weighted by molar-refractivity contribution is -0.118. The molecule has 0 saturated heterocycles. The van der Waals surface area contributed by atoms with Gasteiger partial charge in [-0.05, 0) is 30.5 Å². The summed E-state index contributed by atoms with van der Waals surface area (Å²) in [7, 11) is 2.97. The molecule has 0 saturated carbocycles. The Bertz CT molecular complexity index is 1100. The van der Waals surface area contributed by atoms with E-state index in [0.717, 1.165) is 24.1 Å². The highest BCUT2D eigenvalue weighted by Gasteiger charge is 2.16. The number of nitrogens with zero attached hydrogens (tertiary/aromatic N) is 1. The number of carbonyl (C=O) groups is 2. The van der Waals surface area contributed by atoms with E-state index in [1.165, 1.54) is 44.1 Å². The van der Waals surface area contributed by atoms with E-state index in [4.69, 9.17) is 21.1 Å². The highest BCUT2D eigenvalue weighted by Crippen LogP contribution is 2.36. The van der Waals surface area contributed by atoms with Gasteiger partial charge in [0.15, 0.2) is 16.6 Å². The standard InChI is InChI=1S/C23H24ClN3O4S/c1-14(28)25-10-4-5-15-6-8-16(9-7-15)19-13-32-23(26-19)27-22(29)17-11-18(24)21(31-3)20(12-17)30-2/h6-9,11-13H,4-5,10H2,1-3H3,(H,25,28)(H,26,27,29). The number of anilines is 1. The van der Waals surface area contributed by atoms with Crippen molar-refractivity contribution in [3.8, 4) is 22.8 Å². The summed E-state index contributed by atoms with van der Waals surface area (Å²) in [4.78, 5) is 28.1. The lowest BCUT2D eigenvalue weighted by Crippen LogP contribution is -2.21. The molecule has 1 heterocycles. The number of methoxy groups -OCH3 is 2. The van der Waals surface area contributed by atoms with Crippen LogP contribution in [0.15, 0.2) is 41.8 Å². The molecular formula is C23H24ClN3O4S. The largest absolute Gasteiger partial charge is 0.493 e. The lowest BCUT2D eigenvalue weighted by Gasteiger charge is -2.11. The first kappa shape index (κ1) is 23.6. The number of amides is 2. The van der Waals surface area contributed by atoms with Gasteiger partial charge in [0.05, 0.1) is 24.9 Å². The molecule has 32 heavy (non-hydrogen) atoms. The summed E-state index contributed by atoms with van der Waals surface area (Å²) in [6, 6.07) is 11.2. The SMILES string of the molecule is COc1cc(C(=O)Nc2nc(-c3ccc(CCCNC(C)=O)cc3)cs2)cc(Cl)c1OC. The topological polar surface area (TPSA) is 89.5 Å². The molecule has 0 aliphatic carbocycles. The van der Waals surface area contributed by atoms with Crippen molar-refractivity contribution in [2.45, 2.75) is 19.8 Å². The van der Waals surface area contributed by atoms with Crippen molar-refractivity contribution in [3.63, 3.8) is 0 Å². The second-order valence-corrected chi connectivity index (χ2v) is 8.23. The van der Waals surface area contributed by atoms with E-state index in [9.17, 15) is 9.59 Å². The van der Waals surface area contributed by atoms with Crippen molar-refractivity contribution >= 4 is 39.9 Å². The summed E-state index contributed by atoms with van der Waals surface area (Å²) in [6.07, 6.45) is 1.76. The fourth-order valence-electron chi connectivity index (χ4n) is 3.08. The summed E-state index contributed by atoms with van der Waals surface area (Å²) in [5.74, 6) is 0.396. The Morgan fingerprint density at radius 2 is 1.88 bits per heavy atom. The highest BCUT2D eigenvalue weighted by atomic mass is 35.5. The van der Waals surface area contributed by atoms with E-state index in [0.29, 0.717) is 28.7 Å². The number of rotatable bonds is 9. The molecule has 0 fully saturated rings. The van der Waals surface area contributed by atoms with Crippen molar-refractivity contribution < 1.29 is 19.1 Å². The maximum absolute atomic E-state index is 12.7. The molecular weight excluding hydrogens is 450 g/mol. The summed E-state index contributed by atoms with van der Waals surface area (Å²) >= 11 is 7.54. The molecule has 2 aromatic carbocycles. The molecule has 2 amide bonds. The number of halogens is 1. The molecule has 3 aromatic rings. The molecule has 168 valence electrons. The van der Waals surface area contributed by atoms with Gasteiger partial charge in [-0.25, -0.2) is 4.98 Å². The summed E-state index contributed by atoms with van der Waals surface area (Å²) in [6.45, 7) is 2.18. The molecule has 1 aromatic heterocycles. The van der Waals surface area contributed by atoms with Crippen LogP contribution in [-0.2, 0) is 11.2 Å². The van der Waals surface area contributed by atoms with Crippen molar-refractivity contribution in [1.29, 1.82) is 0 Å². The van der Waals surface area contributed by atoms with Gasteiger partial charge in [-0.15, -0.1) is 11.3 Å². The Labute approximate surface area is 195 Å². The predicted molar refractivity (Wildman–Crippen MR) is 127 cm³/mol. The fourth-order valence-corrected chi connectivity index (χ4v) is 4.08. The number of aryl methyl sites for hydroxylation is 1. The van der Waals surface area contributed by atoms with E-state index in [-0.39, 0.29) is 16.8 Å². The predicted octanol–water partition coefficient (Wildman–Crippen LogP) is 4.80. The monoisotopic (exact) mass is 473 g/mol. The molecule has 0 radical (unpaired) electrons. The number of hydrogen-bond acceptors (Lipinski definition) is 6. The van der Waals surface area contributed by atoms with Crippen LogP contribution in [0.25, 0.3) is 11.3 Å². The van der Waals surface area contributed by atoms with E-state index < -0.39 is 0 Å². The molecule has 0 atom stereocenters. The summed E-state index contributed by atoms with van der Waals surface area (Å²) < 4.78 is 10.5. The molecule has 3 rings (SSSR count). The van der Waals surface area contributed by atoms with Gasteiger partial charge in [0.2, 0.25) is 5.91 Å². The summed E-state index contributed by atoms with van der Waals surface area (Å²) in [5, 5.41) is 8.25. The van der Waals surface area contributed by atoms with Crippen LogP contribution in [0.4, 0.5) is 5.13 Å². The van der Waals surface area contributed by atoms with Crippen LogP contribution in [0.1, 0.15) is 29.3 Å². The molecule has 0 spiro atoms. The van der Waals surface area contributed by atoms with Crippen molar-refractivity contribution in [2.24, 2.45) is 0 Å². The molecule has 9 heteroatoms. The third kappa shape index (κ3) is 5.99. The third-order valence-corrected chi connectivity index (χ3v) is 5.72. The number of benzene rings is 2. The Hall–Kier alpha value is -3.10. The Balaban J connectivity index is 1.64. The minimum Gasteiger partial charge on any atom is -0.493 e. The second-order valence-electron chi connectivity index (χ2n) is 6.97. The fraction of sp³-hybridized carbons (Fsp3) is 0.261. The van der Waals surface area contributed by atoms with Crippen LogP contribution in [0.2, 0.25) is 5.02 Å². The molecule has 7 nitrogen and oxygen atoms in total. The number of hydrogen-bond donors (Lipinski definition) is 2. The van der Waals surface area contributed by atoms with E-state index in [1.807, 2.05) is 29.6 Å². The Morgan fingerprint density at radius 1 is 1.12 bits per heavy atom. The minimum absolute atomic E-state index is 0.0130. The van der Waals surface area contributed by atoms with Gasteiger partial charge in [0.25, 0.3) is 5.91 Å². The first-order valence-corrected chi connectivity index (χ1v) is 11.2. The molecule has 0 aliphatic rings. The maximum atomic E-state index is 12.7. The zero-order valence-corrected chi connectivity index (χ0v) is 19.6. The number of ether oxygens (including phenoxy) is 2. The molecule has 2 N–H and O–H groups in total. The van der Waals surface area contributed by atoms with Gasteiger partial charge in [-0.1, -0.05) is 35.9 Å². The Kier molecular flexibility index (Phi) is 8.08. The first-order chi connectivity index (χ1) is 15.4. The molecule has 0 bridgehead atoms. The quantitative estimate of drug-likeness (QED) is 0.435. The smallest absolute Gasteiger partial charge is 0.257 e. The number of nitrogens with one attached hydrogen (secondary N) is 2. The minimum atomic E-state index is -0.344. The van der Waals surface area contributed by atoms with Gasteiger partial charge in [-0.3, -0.25) is 14.9 Å². The van der Waals surface area contributed by atoms with Crippen LogP contribution >= 0.6 is 22.9 Å². The van der Waals surface area contributed by atoms with Crippen molar-refractivity contribution in [2.75, 3.05) is 26.1 Å². The van der Waals surface area contributed by atoms with Crippen molar-refractivity contribution in [3.05, 3.63) is 57.9 Å². The molecule has 0 unspecified atom stereocenters. The van der Waals surface area contributed by atoms with Crippen LogP contribution in [0.3, 0.4) is 0 Å². The highest BCUT2D eigenvalue weighted by molar-refractivity contribution is 7.14. The normalized spacial score (nSPS) is 10.5. The van der Waals surface area contributed by atoms with Gasteiger partial charge in [0.1, 0.15) is 0 Å². The lowest BCUT2D eigenvalue weighted by atomic mass is 10.1. The number of thiazole rings is 1. The van der Waals surface area contributed by atoms with Crippen LogP contribution in [-0.4, -0.2) is 37.6 Å². The second kappa shape index (κ2) is 11.0. The summed E-state index contributed by atoms with van der Waals surface area (Å²) in [5.41, 5.74) is 3.27. The van der Waals surface area contributed by atoms with Crippen LogP contribution < -0.4 is 20.1 Å². The van der Waals surface area contributed by atoms with E-state index >= 15 is 0 Å². The average Bonchev–Trinajstić information content (AvgIpc) is 3.24. The number of aromatic nitrogens is 1. The average molecular weight is 474 g/mol. The maximum Gasteiger partial charge on any atom is 0.257 e. The molecule has 0 aliphatic heterocycles.